The third-order valence-electron chi connectivity index (χ3n) is 5.42. The Morgan fingerprint density at radius 3 is 2.61 bits per heavy atom. The number of rotatable bonds is 3. The quantitative estimate of drug-likeness (QED) is 0.453. The van der Waals surface area contributed by atoms with Gasteiger partial charge in [0.1, 0.15) is 17.4 Å². The zero-order chi connectivity index (χ0) is 22.3. The number of halogens is 1. The fourth-order valence-electron chi connectivity index (χ4n) is 3.89. The molecule has 3 aromatic heterocycles. The second kappa shape index (κ2) is 7.88. The van der Waals surface area contributed by atoms with Crippen molar-refractivity contribution in [2.24, 2.45) is 0 Å². The Bertz CT molecular complexity index is 1340. The van der Waals surface area contributed by atoms with Gasteiger partial charge in [-0.05, 0) is 31.4 Å². The van der Waals surface area contributed by atoms with Crippen LogP contribution < -0.4 is 16.1 Å². The molecule has 0 atom stereocenters. The Balaban J connectivity index is 1.62. The average Bonchev–Trinajstić information content (AvgIpc) is 3.08. The summed E-state index contributed by atoms with van der Waals surface area (Å²) >= 11 is 5.94. The summed E-state index contributed by atoms with van der Waals surface area (Å²) in [6.45, 7) is 2.64. The van der Waals surface area contributed by atoms with Crippen molar-refractivity contribution in [1.82, 2.24) is 24.5 Å². The van der Waals surface area contributed by atoms with E-state index in [4.69, 9.17) is 11.6 Å². The van der Waals surface area contributed by atoms with E-state index in [0.29, 0.717) is 37.4 Å². The minimum Gasteiger partial charge on any atom is -0.464 e. The molecule has 3 aromatic rings. The van der Waals surface area contributed by atoms with Crippen LogP contribution in [0.15, 0.2) is 15.7 Å². The second-order valence-electron chi connectivity index (χ2n) is 7.18. The molecule has 0 aromatic carbocycles. The number of anilines is 1. The van der Waals surface area contributed by atoms with Gasteiger partial charge < -0.3 is 19.6 Å². The van der Waals surface area contributed by atoms with Crippen molar-refractivity contribution in [3.05, 3.63) is 49.1 Å². The van der Waals surface area contributed by atoms with Crippen molar-refractivity contribution in [2.45, 2.75) is 25.8 Å². The van der Waals surface area contributed by atoms with Gasteiger partial charge in [0.25, 0.3) is 5.56 Å². The number of aromatic amines is 2. The lowest BCUT2D eigenvalue weighted by atomic mass is 10.0. The molecule has 1 saturated heterocycles. The monoisotopic (exact) mass is 443 g/mol. The van der Waals surface area contributed by atoms with Gasteiger partial charge in [-0.3, -0.25) is 9.36 Å². The van der Waals surface area contributed by atoms with Gasteiger partial charge >= 0.3 is 11.7 Å². The standard InChI is InChI=1S/C19H18ClN7O4/c1-9-11(8-21)14-15(22-9)16(28)27(19(30)25-14)10-3-5-26(6-4-10)13-7-12(17(29)31-2)23-18(20)24-13/h7,10,22H,3-6H2,1-2H3,(H,25,30). The highest BCUT2D eigenvalue weighted by molar-refractivity contribution is 6.28. The van der Waals surface area contributed by atoms with E-state index in [-0.39, 0.29) is 33.6 Å². The first kappa shape index (κ1) is 20.6. The predicted molar refractivity (Wildman–Crippen MR) is 111 cm³/mol. The fraction of sp³-hybridized carbons (Fsp3) is 0.368. The Morgan fingerprint density at radius 1 is 1.26 bits per heavy atom. The molecule has 4 heterocycles. The molecule has 2 N–H and O–H groups in total. The van der Waals surface area contributed by atoms with Crippen LogP contribution in [0.1, 0.15) is 40.6 Å². The minimum absolute atomic E-state index is 0.0492. The van der Waals surface area contributed by atoms with E-state index in [1.807, 2.05) is 11.0 Å². The van der Waals surface area contributed by atoms with Crippen LogP contribution in [-0.4, -0.2) is 50.7 Å². The van der Waals surface area contributed by atoms with Crippen LogP contribution in [0.4, 0.5) is 5.82 Å². The summed E-state index contributed by atoms with van der Waals surface area (Å²) in [6, 6.07) is 3.17. The number of esters is 1. The van der Waals surface area contributed by atoms with E-state index in [0.717, 1.165) is 0 Å². The van der Waals surface area contributed by atoms with Gasteiger partial charge in [-0.2, -0.15) is 5.26 Å². The lowest BCUT2D eigenvalue weighted by Crippen LogP contribution is -2.43. The number of nitrogens with zero attached hydrogens (tertiary/aromatic N) is 5. The fourth-order valence-corrected chi connectivity index (χ4v) is 4.07. The number of carbonyl (C=O) groups excluding carboxylic acids is 1. The minimum atomic E-state index is -0.621. The van der Waals surface area contributed by atoms with Crippen LogP contribution in [0.25, 0.3) is 11.0 Å². The SMILES string of the molecule is COC(=O)c1cc(N2CCC(n3c(=O)[nH]c4c(C#N)c(C)[nH]c4c3=O)CC2)nc(Cl)n1. The smallest absolute Gasteiger partial charge is 0.356 e. The molecule has 1 aliphatic rings. The van der Waals surface area contributed by atoms with Crippen LogP contribution in [0.3, 0.4) is 0 Å². The molecule has 160 valence electrons. The van der Waals surface area contributed by atoms with Crippen LogP contribution >= 0.6 is 11.6 Å². The Hall–Kier alpha value is -3.65. The van der Waals surface area contributed by atoms with E-state index < -0.39 is 17.2 Å². The number of piperidine rings is 1. The van der Waals surface area contributed by atoms with Crippen molar-refractivity contribution < 1.29 is 9.53 Å². The third kappa shape index (κ3) is 3.55. The highest BCUT2D eigenvalue weighted by atomic mass is 35.5. The highest BCUT2D eigenvalue weighted by Gasteiger charge is 2.26. The van der Waals surface area contributed by atoms with Crippen molar-refractivity contribution in [3.63, 3.8) is 0 Å². The van der Waals surface area contributed by atoms with Gasteiger partial charge in [0, 0.05) is 30.9 Å². The number of nitrogens with one attached hydrogen (secondary N) is 2. The molecule has 0 bridgehead atoms. The van der Waals surface area contributed by atoms with Gasteiger partial charge in [0.05, 0.1) is 18.2 Å². The first-order valence-electron chi connectivity index (χ1n) is 9.49. The Morgan fingerprint density at radius 2 is 1.97 bits per heavy atom. The molecule has 0 aliphatic carbocycles. The Kier molecular flexibility index (Phi) is 5.24. The summed E-state index contributed by atoms with van der Waals surface area (Å²) in [6.07, 6.45) is 0.989. The number of hydrogen-bond donors (Lipinski definition) is 2. The normalized spacial score (nSPS) is 14.6. The molecule has 0 saturated carbocycles. The van der Waals surface area contributed by atoms with Crippen LogP contribution in [-0.2, 0) is 4.74 Å². The molecule has 0 unspecified atom stereocenters. The molecule has 0 radical (unpaired) electrons. The first-order valence-corrected chi connectivity index (χ1v) is 9.87. The summed E-state index contributed by atoms with van der Waals surface area (Å²) in [5, 5.41) is 9.20. The number of carbonyl (C=O) groups is 1. The molecular weight excluding hydrogens is 426 g/mol. The molecule has 1 fully saturated rings. The van der Waals surface area contributed by atoms with E-state index >= 15 is 0 Å². The lowest BCUT2D eigenvalue weighted by Gasteiger charge is -2.33. The number of aromatic nitrogens is 5. The van der Waals surface area contributed by atoms with Gasteiger partial charge in [-0.25, -0.2) is 19.6 Å². The number of H-pyrrole nitrogens is 2. The van der Waals surface area contributed by atoms with Crippen LogP contribution in [0, 0.1) is 18.3 Å². The van der Waals surface area contributed by atoms with Crippen molar-refractivity contribution in [2.75, 3.05) is 25.1 Å². The largest absolute Gasteiger partial charge is 0.464 e. The molecule has 31 heavy (non-hydrogen) atoms. The maximum atomic E-state index is 13.0. The maximum absolute atomic E-state index is 13.0. The van der Waals surface area contributed by atoms with Gasteiger partial charge in [-0.15, -0.1) is 0 Å². The average molecular weight is 444 g/mol. The van der Waals surface area contributed by atoms with E-state index in [2.05, 4.69) is 24.7 Å². The third-order valence-corrected chi connectivity index (χ3v) is 5.59. The van der Waals surface area contributed by atoms with E-state index in [9.17, 15) is 19.6 Å². The molecule has 12 heteroatoms. The zero-order valence-electron chi connectivity index (χ0n) is 16.7. The number of hydrogen-bond acceptors (Lipinski definition) is 8. The molecule has 0 spiro atoms. The number of fused-ring (bicyclic) bond motifs is 1. The van der Waals surface area contributed by atoms with Gasteiger partial charge in [0.2, 0.25) is 5.28 Å². The summed E-state index contributed by atoms with van der Waals surface area (Å²) < 4.78 is 5.88. The number of ether oxygens (including phenoxy) is 1. The number of nitriles is 1. The van der Waals surface area contributed by atoms with Gasteiger partial charge in [0.15, 0.2) is 5.69 Å². The maximum Gasteiger partial charge on any atom is 0.356 e. The lowest BCUT2D eigenvalue weighted by molar-refractivity contribution is 0.0594. The second-order valence-corrected chi connectivity index (χ2v) is 7.52. The van der Waals surface area contributed by atoms with Crippen molar-refractivity contribution >= 4 is 34.4 Å². The molecule has 0 amide bonds. The highest BCUT2D eigenvalue weighted by Crippen LogP contribution is 2.25. The molecule has 1 aliphatic heterocycles. The summed E-state index contributed by atoms with van der Waals surface area (Å²) in [5.74, 6) is -0.154. The number of methoxy groups -OCH3 is 1. The summed E-state index contributed by atoms with van der Waals surface area (Å²) in [4.78, 5) is 52.9. The molecule has 4 rings (SSSR count). The van der Waals surface area contributed by atoms with E-state index in [1.54, 1.807) is 6.92 Å². The van der Waals surface area contributed by atoms with Gasteiger partial charge in [-0.1, -0.05) is 0 Å². The van der Waals surface area contributed by atoms with Crippen molar-refractivity contribution in [1.29, 1.82) is 5.26 Å². The topological polar surface area (TPSA) is 150 Å². The molecule has 11 nitrogen and oxygen atoms in total. The number of aryl methyl sites for hydroxylation is 1. The van der Waals surface area contributed by atoms with E-state index in [1.165, 1.54) is 17.7 Å². The predicted octanol–water partition coefficient (Wildman–Crippen LogP) is 1.27. The van der Waals surface area contributed by atoms with Crippen molar-refractivity contribution in [3.8, 4) is 6.07 Å². The summed E-state index contributed by atoms with van der Waals surface area (Å²) in [7, 11) is 1.25. The Labute approximate surface area is 180 Å². The zero-order valence-corrected chi connectivity index (χ0v) is 17.5. The van der Waals surface area contributed by atoms with Crippen LogP contribution in [0.2, 0.25) is 5.28 Å². The van der Waals surface area contributed by atoms with Crippen LogP contribution in [0.5, 0.6) is 0 Å². The first-order chi connectivity index (χ1) is 14.8. The molecular formula is C19H18ClN7O4. The summed E-state index contributed by atoms with van der Waals surface area (Å²) in [5.41, 5.74) is 0.265.